The molecule has 0 radical (unpaired) electrons. The molecular formula is C19H27NO. The van der Waals surface area contributed by atoms with Crippen LogP contribution < -0.4 is 5.73 Å². The van der Waals surface area contributed by atoms with Crippen molar-refractivity contribution in [3.63, 3.8) is 0 Å². The van der Waals surface area contributed by atoms with Gasteiger partial charge < -0.3 is 5.73 Å². The molecule has 0 spiro atoms. The lowest BCUT2D eigenvalue weighted by atomic mass is 9.69. The van der Waals surface area contributed by atoms with Crippen LogP contribution in [0, 0.1) is 17.8 Å². The summed E-state index contributed by atoms with van der Waals surface area (Å²) in [5.74, 6) is 1.89. The summed E-state index contributed by atoms with van der Waals surface area (Å²) in [6.45, 7) is 0. The molecule has 1 aromatic carbocycles. The van der Waals surface area contributed by atoms with E-state index in [-0.39, 0.29) is 11.8 Å². The maximum atomic E-state index is 12.0. The first-order valence-corrected chi connectivity index (χ1v) is 8.60. The van der Waals surface area contributed by atoms with E-state index in [0.29, 0.717) is 17.8 Å². The fourth-order valence-electron chi connectivity index (χ4n) is 4.70. The van der Waals surface area contributed by atoms with Crippen molar-refractivity contribution in [3.8, 4) is 0 Å². The fraction of sp³-hybridized carbons (Fsp3) is 0.632. The van der Waals surface area contributed by atoms with Gasteiger partial charge in [-0.1, -0.05) is 43.2 Å². The summed E-state index contributed by atoms with van der Waals surface area (Å²) in [6.07, 6.45) is 9.77. The van der Waals surface area contributed by atoms with Crippen LogP contribution >= 0.6 is 0 Å². The summed E-state index contributed by atoms with van der Waals surface area (Å²) in [6, 6.07) is 10.8. The van der Waals surface area contributed by atoms with Crippen LogP contribution in [0.3, 0.4) is 0 Å². The molecule has 21 heavy (non-hydrogen) atoms. The van der Waals surface area contributed by atoms with Gasteiger partial charge in [-0.05, 0) is 61.8 Å². The van der Waals surface area contributed by atoms with E-state index in [9.17, 15) is 4.79 Å². The van der Waals surface area contributed by atoms with E-state index in [4.69, 9.17) is 5.73 Å². The van der Waals surface area contributed by atoms with Crippen LogP contribution in [0.2, 0.25) is 0 Å². The Balaban J connectivity index is 1.62. The summed E-state index contributed by atoms with van der Waals surface area (Å²) >= 11 is 0. The van der Waals surface area contributed by atoms with Gasteiger partial charge in [0.1, 0.15) is 0 Å². The Morgan fingerprint density at radius 3 is 2.05 bits per heavy atom. The lowest BCUT2D eigenvalue weighted by Gasteiger charge is -2.35. The van der Waals surface area contributed by atoms with Crippen molar-refractivity contribution in [2.24, 2.45) is 23.5 Å². The second-order valence-corrected chi connectivity index (χ2v) is 7.00. The molecule has 2 fully saturated rings. The minimum atomic E-state index is -0.0370. The van der Waals surface area contributed by atoms with Gasteiger partial charge in [0.2, 0.25) is 5.91 Å². The van der Waals surface area contributed by atoms with E-state index >= 15 is 0 Å². The molecule has 1 aromatic rings. The maximum absolute atomic E-state index is 12.0. The number of hydrogen-bond donors (Lipinski definition) is 1. The van der Waals surface area contributed by atoms with Crippen molar-refractivity contribution in [2.75, 3.05) is 0 Å². The third kappa shape index (κ3) is 3.30. The normalized spacial score (nSPS) is 28.4. The van der Waals surface area contributed by atoms with Crippen LogP contribution in [-0.4, -0.2) is 5.91 Å². The largest absolute Gasteiger partial charge is 0.369 e. The fourth-order valence-corrected chi connectivity index (χ4v) is 4.70. The van der Waals surface area contributed by atoms with E-state index in [1.165, 1.54) is 56.9 Å². The third-order valence-electron chi connectivity index (χ3n) is 5.79. The zero-order chi connectivity index (χ0) is 14.7. The Kier molecular flexibility index (Phi) is 4.62. The molecule has 1 atom stereocenters. The number of benzene rings is 1. The van der Waals surface area contributed by atoms with Crippen molar-refractivity contribution in [1.82, 2.24) is 0 Å². The number of rotatable bonds is 4. The Hall–Kier alpha value is -1.31. The highest BCUT2D eigenvalue weighted by Gasteiger charge is 2.37. The Morgan fingerprint density at radius 2 is 1.48 bits per heavy atom. The molecule has 2 heteroatoms. The molecule has 3 rings (SSSR count). The van der Waals surface area contributed by atoms with Gasteiger partial charge >= 0.3 is 0 Å². The Labute approximate surface area is 128 Å². The molecule has 114 valence electrons. The highest BCUT2D eigenvalue weighted by Crippen LogP contribution is 2.44. The molecule has 2 aliphatic carbocycles. The minimum Gasteiger partial charge on any atom is -0.369 e. The summed E-state index contributed by atoms with van der Waals surface area (Å²) in [7, 11) is 0. The third-order valence-corrected chi connectivity index (χ3v) is 5.79. The molecule has 2 nitrogen and oxygen atoms in total. The molecular weight excluding hydrogens is 258 g/mol. The molecule has 2 aliphatic rings. The first kappa shape index (κ1) is 14.6. The highest BCUT2D eigenvalue weighted by molar-refractivity contribution is 5.77. The lowest BCUT2D eigenvalue weighted by molar-refractivity contribution is -0.126. The van der Waals surface area contributed by atoms with Crippen molar-refractivity contribution in [2.45, 2.75) is 57.3 Å². The summed E-state index contributed by atoms with van der Waals surface area (Å²) in [5, 5.41) is 0. The van der Waals surface area contributed by atoms with Gasteiger partial charge in [-0.25, -0.2) is 0 Å². The quantitative estimate of drug-likeness (QED) is 0.883. The number of nitrogens with two attached hydrogens (primary N) is 1. The van der Waals surface area contributed by atoms with Gasteiger partial charge in [0.15, 0.2) is 0 Å². The smallest absolute Gasteiger partial charge is 0.221 e. The minimum absolute atomic E-state index is 0.0370. The van der Waals surface area contributed by atoms with Crippen molar-refractivity contribution in [1.29, 1.82) is 0 Å². The number of carbonyl (C=O) groups excluding carboxylic acids is 1. The zero-order valence-electron chi connectivity index (χ0n) is 12.8. The van der Waals surface area contributed by atoms with E-state index < -0.39 is 0 Å². The molecule has 0 saturated heterocycles. The van der Waals surface area contributed by atoms with E-state index in [1.807, 2.05) is 0 Å². The number of primary amides is 1. The molecule has 0 bridgehead atoms. The Bertz CT molecular complexity index is 456. The average Bonchev–Trinajstić information content (AvgIpc) is 3.03. The van der Waals surface area contributed by atoms with Gasteiger partial charge in [0.25, 0.3) is 0 Å². The first-order chi connectivity index (χ1) is 10.3. The summed E-state index contributed by atoms with van der Waals surface area (Å²) < 4.78 is 0. The van der Waals surface area contributed by atoms with Crippen molar-refractivity contribution < 1.29 is 4.79 Å². The zero-order valence-corrected chi connectivity index (χ0v) is 12.8. The second kappa shape index (κ2) is 6.64. The van der Waals surface area contributed by atoms with E-state index in [1.54, 1.807) is 0 Å². The van der Waals surface area contributed by atoms with Gasteiger partial charge in [-0.3, -0.25) is 4.79 Å². The molecule has 2 N–H and O–H groups in total. The van der Waals surface area contributed by atoms with Crippen LogP contribution in [-0.2, 0) is 4.79 Å². The van der Waals surface area contributed by atoms with Gasteiger partial charge in [0, 0.05) is 5.92 Å². The predicted octanol–water partition coefficient (Wildman–Crippen LogP) is 4.25. The lowest BCUT2D eigenvalue weighted by Crippen LogP contribution is -2.36. The van der Waals surface area contributed by atoms with Crippen molar-refractivity contribution >= 4 is 5.91 Å². The van der Waals surface area contributed by atoms with Crippen molar-refractivity contribution in [3.05, 3.63) is 35.9 Å². The van der Waals surface area contributed by atoms with Gasteiger partial charge in [0.05, 0.1) is 0 Å². The van der Waals surface area contributed by atoms with Crippen LogP contribution in [0.4, 0.5) is 0 Å². The van der Waals surface area contributed by atoms with Gasteiger partial charge in [-0.2, -0.15) is 0 Å². The van der Waals surface area contributed by atoms with Crippen LogP contribution in [0.25, 0.3) is 0 Å². The molecule has 0 aliphatic heterocycles. The standard InChI is InChI=1S/C19H27NO/c20-19(21)18(16-8-4-5-9-16)17-12-10-15(11-13-17)14-6-2-1-3-7-14/h1-3,6-7,15-18H,4-5,8-13H2,(H2,20,21). The summed E-state index contributed by atoms with van der Waals surface area (Å²) in [5.41, 5.74) is 7.22. The molecule has 0 heterocycles. The van der Waals surface area contributed by atoms with E-state index in [0.717, 1.165) is 0 Å². The molecule has 2 saturated carbocycles. The van der Waals surface area contributed by atoms with E-state index in [2.05, 4.69) is 30.3 Å². The number of amides is 1. The first-order valence-electron chi connectivity index (χ1n) is 8.60. The predicted molar refractivity (Wildman–Crippen MR) is 85.8 cm³/mol. The Morgan fingerprint density at radius 1 is 0.905 bits per heavy atom. The monoisotopic (exact) mass is 285 g/mol. The number of hydrogen-bond acceptors (Lipinski definition) is 1. The molecule has 1 unspecified atom stereocenters. The second-order valence-electron chi connectivity index (χ2n) is 7.00. The average molecular weight is 285 g/mol. The summed E-state index contributed by atoms with van der Waals surface area (Å²) in [4.78, 5) is 12.0. The highest BCUT2D eigenvalue weighted by atomic mass is 16.1. The van der Waals surface area contributed by atoms with Crippen LogP contribution in [0.15, 0.2) is 30.3 Å². The maximum Gasteiger partial charge on any atom is 0.221 e. The van der Waals surface area contributed by atoms with Crippen LogP contribution in [0.1, 0.15) is 62.8 Å². The number of carbonyl (C=O) groups is 1. The topological polar surface area (TPSA) is 43.1 Å². The molecule has 1 amide bonds. The van der Waals surface area contributed by atoms with Gasteiger partial charge in [-0.15, -0.1) is 0 Å². The SMILES string of the molecule is NC(=O)C(C1CCCC1)C1CCC(c2ccccc2)CC1. The van der Waals surface area contributed by atoms with Crippen LogP contribution in [0.5, 0.6) is 0 Å². The molecule has 0 aromatic heterocycles.